The molecule has 2 rings (SSSR count). The van der Waals surface area contributed by atoms with E-state index in [-0.39, 0.29) is 11.8 Å². The van der Waals surface area contributed by atoms with Crippen LogP contribution in [0.5, 0.6) is 5.75 Å². The highest BCUT2D eigenvalue weighted by Crippen LogP contribution is 2.23. The highest BCUT2D eigenvalue weighted by molar-refractivity contribution is 6.30. The van der Waals surface area contributed by atoms with Gasteiger partial charge < -0.3 is 15.8 Å². The zero-order valence-electron chi connectivity index (χ0n) is 13.3. The number of rotatable bonds is 6. The van der Waals surface area contributed by atoms with Gasteiger partial charge in [-0.25, -0.2) is 0 Å². The summed E-state index contributed by atoms with van der Waals surface area (Å²) in [5.41, 5.74) is 8.21. The van der Waals surface area contributed by atoms with Crippen molar-refractivity contribution >= 4 is 23.2 Å². The number of halogens is 1. The Kier molecular flexibility index (Phi) is 6.02. The van der Waals surface area contributed by atoms with E-state index in [0.717, 1.165) is 22.6 Å². The number of anilines is 1. The van der Waals surface area contributed by atoms with Gasteiger partial charge in [-0.2, -0.15) is 0 Å². The van der Waals surface area contributed by atoms with Crippen molar-refractivity contribution in [3.8, 4) is 5.75 Å². The highest BCUT2D eigenvalue weighted by atomic mass is 35.5. The Bertz CT molecular complexity index is 688. The number of hydrogen-bond acceptors (Lipinski definition) is 3. The van der Waals surface area contributed by atoms with E-state index in [2.05, 4.69) is 5.32 Å². The van der Waals surface area contributed by atoms with E-state index in [0.29, 0.717) is 18.2 Å². The Labute approximate surface area is 141 Å². The van der Waals surface area contributed by atoms with Gasteiger partial charge in [-0.05, 0) is 48.4 Å². The van der Waals surface area contributed by atoms with Gasteiger partial charge in [0.1, 0.15) is 12.4 Å². The van der Waals surface area contributed by atoms with Gasteiger partial charge in [-0.1, -0.05) is 30.7 Å². The largest absolute Gasteiger partial charge is 0.489 e. The van der Waals surface area contributed by atoms with Crippen LogP contribution in [-0.4, -0.2) is 12.5 Å². The Balaban J connectivity index is 2.00. The van der Waals surface area contributed by atoms with Gasteiger partial charge in [0.05, 0.1) is 0 Å². The summed E-state index contributed by atoms with van der Waals surface area (Å²) in [6.07, 6.45) is 0. The highest BCUT2D eigenvalue weighted by Gasteiger charge is 2.12. The molecule has 0 aliphatic rings. The van der Waals surface area contributed by atoms with E-state index >= 15 is 0 Å². The third-order valence-corrected chi connectivity index (χ3v) is 3.79. The van der Waals surface area contributed by atoms with Crippen LogP contribution in [-0.2, 0) is 11.4 Å². The first-order valence-electron chi connectivity index (χ1n) is 7.48. The summed E-state index contributed by atoms with van der Waals surface area (Å²) < 4.78 is 5.77. The molecule has 122 valence electrons. The standard InChI is InChI=1S/C18H21ClN2O2/c1-12-8-16(23-11-14-4-3-5-15(19)9-14)6-7-17(12)21-18(22)13(2)10-20/h3-9,13H,10-11,20H2,1-2H3,(H,21,22). The van der Waals surface area contributed by atoms with E-state index in [1.807, 2.05) is 49.4 Å². The minimum Gasteiger partial charge on any atom is -0.489 e. The van der Waals surface area contributed by atoms with Crippen molar-refractivity contribution in [1.29, 1.82) is 0 Å². The molecule has 0 aliphatic heterocycles. The normalized spacial score (nSPS) is 11.8. The molecular weight excluding hydrogens is 312 g/mol. The van der Waals surface area contributed by atoms with Crippen molar-refractivity contribution in [2.24, 2.45) is 11.7 Å². The lowest BCUT2D eigenvalue weighted by Gasteiger charge is -2.13. The van der Waals surface area contributed by atoms with E-state index in [1.54, 1.807) is 6.92 Å². The van der Waals surface area contributed by atoms with Crippen LogP contribution in [0.4, 0.5) is 5.69 Å². The maximum absolute atomic E-state index is 11.9. The fourth-order valence-electron chi connectivity index (χ4n) is 2.02. The molecule has 3 N–H and O–H groups in total. The topological polar surface area (TPSA) is 64.3 Å². The van der Waals surface area contributed by atoms with Crippen LogP contribution in [0.25, 0.3) is 0 Å². The lowest BCUT2D eigenvalue weighted by molar-refractivity contribution is -0.119. The van der Waals surface area contributed by atoms with E-state index < -0.39 is 0 Å². The van der Waals surface area contributed by atoms with E-state index in [1.165, 1.54) is 0 Å². The first-order valence-corrected chi connectivity index (χ1v) is 7.86. The minimum atomic E-state index is -0.215. The number of nitrogens with two attached hydrogens (primary N) is 1. The first-order chi connectivity index (χ1) is 11.0. The molecule has 5 heteroatoms. The van der Waals surface area contributed by atoms with Crippen LogP contribution >= 0.6 is 11.6 Å². The molecule has 2 aromatic rings. The second-order valence-electron chi connectivity index (χ2n) is 5.52. The van der Waals surface area contributed by atoms with E-state index in [4.69, 9.17) is 22.1 Å². The predicted molar refractivity (Wildman–Crippen MR) is 93.8 cm³/mol. The summed E-state index contributed by atoms with van der Waals surface area (Å²) in [5.74, 6) is 0.448. The molecule has 23 heavy (non-hydrogen) atoms. The molecule has 2 aromatic carbocycles. The van der Waals surface area contributed by atoms with Crippen LogP contribution < -0.4 is 15.8 Å². The Morgan fingerprint density at radius 1 is 1.30 bits per heavy atom. The first kappa shape index (κ1) is 17.3. The van der Waals surface area contributed by atoms with Gasteiger partial charge in [-0.15, -0.1) is 0 Å². The molecule has 0 aliphatic carbocycles. The Hall–Kier alpha value is -2.04. The van der Waals surface area contributed by atoms with Gasteiger partial charge in [0, 0.05) is 23.2 Å². The van der Waals surface area contributed by atoms with Crippen molar-refractivity contribution in [2.45, 2.75) is 20.5 Å². The van der Waals surface area contributed by atoms with Gasteiger partial charge in [0.15, 0.2) is 0 Å². The van der Waals surface area contributed by atoms with Gasteiger partial charge in [-0.3, -0.25) is 4.79 Å². The monoisotopic (exact) mass is 332 g/mol. The molecule has 0 spiro atoms. The summed E-state index contributed by atoms with van der Waals surface area (Å²) in [7, 11) is 0. The molecule has 0 fully saturated rings. The fraction of sp³-hybridized carbons (Fsp3) is 0.278. The summed E-state index contributed by atoms with van der Waals surface area (Å²) in [5, 5.41) is 3.57. The Morgan fingerprint density at radius 2 is 2.09 bits per heavy atom. The molecule has 0 bridgehead atoms. The van der Waals surface area contributed by atoms with Gasteiger partial charge >= 0.3 is 0 Å². The lowest BCUT2D eigenvalue weighted by atomic mass is 10.1. The molecule has 1 atom stereocenters. The van der Waals surface area contributed by atoms with Crippen LogP contribution in [0.2, 0.25) is 5.02 Å². The zero-order valence-corrected chi connectivity index (χ0v) is 14.1. The number of aryl methyl sites for hydroxylation is 1. The average molecular weight is 333 g/mol. The number of nitrogens with one attached hydrogen (secondary N) is 1. The number of amides is 1. The van der Waals surface area contributed by atoms with E-state index in [9.17, 15) is 4.79 Å². The van der Waals surface area contributed by atoms with Crippen molar-refractivity contribution < 1.29 is 9.53 Å². The molecule has 0 heterocycles. The smallest absolute Gasteiger partial charge is 0.228 e. The number of ether oxygens (including phenoxy) is 1. The third-order valence-electron chi connectivity index (χ3n) is 3.55. The summed E-state index contributed by atoms with van der Waals surface area (Å²) in [6.45, 7) is 4.49. The van der Waals surface area contributed by atoms with Crippen LogP contribution in [0.15, 0.2) is 42.5 Å². The fourth-order valence-corrected chi connectivity index (χ4v) is 2.24. The summed E-state index contributed by atoms with van der Waals surface area (Å²) in [4.78, 5) is 11.9. The maximum atomic E-state index is 11.9. The minimum absolute atomic E-state index is 0.0804. The van der Waals surface area contributed by atoms with Crippen LogP contribution in [0.3, 0.4) is 0 Å². The second-order valence-corrected chi connectivity index (χ2v) is 5.96. The number of carbonyl (C=O) groups is 1. The summed E-state index contributed by atoms with van der Waals surface area (Å²) in [6, 6.07) is 13.1. The zero-order chi connectivity index (χ0) is 16.8. The van der Waals surface area contributed by atoms with Gasteiger partial charge in [0.2, 0.25) is 5.91 Å². The van der Waals surface area contributed by atoms with Crippen molar-refractivity contribution in [3.05, 3.63) is 58.6 Å². The van der Waals surface area contributed by atoms with Crippen LogP contribution in [0, 0.1) is 12.8 Å². The molecule has 1 amide bonds. The van der Waals surface area contributed by atoms with Crippen molar-refractivity contribution in [3.63, 3.8) is 0 Å². The average Bonchev–Trinajstić information content (AvgIpc) is 2.54. The quantitative estimate of drug-likeness (QED) is 0.846. The predicted octanol–water partition coefficient (Wildman–Crippen LogP) is 3.76. The van der Waals surface area contributed by atoms with Crippen LogP contribution in [0.1, 0.15) is 18.1 Å². The van der Waals surface area contributed by atoms with Gasteiger partial charge in [0.25, 0.3) is 0 Å². The summed E-state index contributed by atoms with van der Waals surface area (Å²) >= 11 is 5.95. The second kappa shape index (κ2) is 7.99. The molecule has 0 saturated heterocycles. The third kappa shape index (κ3) is 4.98. The molecule has 4 nitrogen and oxygen atoms in total. The lowest BCUT2D eigenvalue weighted by Crippen LogP contribution is -2.26. The molecule has 0 radical (unpaired) electrons. The number of carbonyl (C=O) groups excluding carboxylic acids is 1. The molecule has 0 aromatic heterocycles. The number of hydrogen-bond donors (Lipinski definition) is 2. The van der Waals surface area contributed by atoms with Crippen molar-refractivity contribution in [1.82, 2.24) is 0 Å². The SMILES string of the molecule is Cc1cc(OCc2cccc(Cl)c2)ccc1NC(=O)C(C)CN. The maximum Gasteiger partial charge on any atom is 0.228 e. The molecular formula is C18H21ClN2O2. The molecule has 0 saturated carbocycles. The Morgan fingerprint density at radius 3 is 2.74 bits per heavy atom. The molecule has 1 unspecified atom stereocenters. The van der Waals surface area contributed by atoms with Crippen molar-refractivity contribution in [2.75, 3.05) is 11.9 Å². The number of benzene rings is 2.